The minimum atomic E-state index is -3.63. The quantitative estimate of drug-likeness (QED) is 0.568. The van der Waals surface area contributed by atoms with Crippen LogP contribution in [0.1, 0.15) is 41.9 Å². The molecule has 0 saturated carbocycles. The van der Waals surface area contributed by atoms with E-state index in [1.54, 1.807) is 42.6 Å². The van der Waals surface area contributed by atoms with Crippen LogP contribution in [-0.4, -0.2) is 38.8 Å². The van der Waals surface area contributed by atoms with E-state index in [0.717, 1.165) is 12.0 Å². The summed E-state index contributed by atoms with van der Waals surface area (Å²) >= 11 is 0. The molecule has 0 unspecified atom stereocenters. The number of benzene rings is 2. The molecule has 2 heterocycles. The van der Waals surface area contributed by atoms with Crippen molar-refractivity contribution in [3.8, 4) is 5.75 Å². The van der Waals surface area contributed by atoms with Crippen LogP contribution in [0.15, 0.2) is 45.7 Å². The van der Waals surface area contributed by atoms with E-state index in [1.165, 1.54) is 0 Å². The van der Waals surface area contributed by atoms with E-state index in [-0.39, 0.29) is 10.7 Å². The Morgan fingerprint density at radius 2 is 1.79 bits per heavy atom. The van der Waals surface area contributed by atoms with E-state index in [4.69, 9.17) is 9.15 Å². The number of fused-ring (bicyclic) bond motifs is 1. The first-order chi connectivity index (χ1) is 15.6. The van der Waals surface area contributed by atoms with Gasteiger partial charge in [-0.05, 0) is 68.0 Å². The number of aryl methyl sites for hydroxylation is 2. The van der Waals surface area contributed by atoms with Crippen molar-refractivity contribution in [3.05, 3.63) is 53.3 Å². The number of nitrogens with zero attached hydrogens (tertiary/aromatic N) is 1. The molecule has 1 amide bonds. The number of methoxy groups -OCH3 is 1. The van der Waals surface area contributed by atoms with Crippen molar-refractivity contribution in [1.29, 1.82) is 0 Å². The van der Waals surface area contributed by atoms with Crippen LogP contribution in [0.5, 0.6) is 5.75 Å². The number of amides is 1. The molecule has 1 N–H and O–H groups in total. The van der Waals surface area contributed by atoms with Crippen LogP contribution in [-0.2, 0) is 10.0 Å². The van der Waals surface area contributed by atoms with Gasteiger partial charge in [0.05, 0.1) is 17.7 Å². The molecule has 1 saturated heterocycles. The first kappa shape index (κ1) is 23.3. The lowest BCUT2D eigenvalue weighted by molar-refractivity contribution is 0.0997. The van der Waals surface area contributed by atoms with Gasteiger partial charge in [0.15, 0.2) is 5.76 Å². The fourth-order valence-electron chi connectivity index (χ4n) is 4.63. The van der Waals surface area contributed by atoms with Crippen LogP contribution in [0.2, 0.25) is 0 Å². The Morgan fingerprint density at radius 1 is 1.09 bits per heavy atom. The van der Waals surface area contributed by atoms with Crippen molar-refractivity contribution >= 4 is 32.6 Å². The number of hydrogen-bond acceptors (Lipinski definition) is 5. The maximum atomic E-state index is 13.3. The second-order valence-corrected chi connectivity index (χ2v) is 11.1. The zero-order chi connectivity index (χ0) is 23.9. The maximum absolute atomic E-state index is 13.3. The van der Waals surface area contributed by atoms with Gasteiger partial charge in [-0.3, -0.25) is 4.79 Å². The second-order valence-electron chi connectivity index (χ2n) is 9.14. The summed E-state index contributed by atoms with van der Waals surface area (Å²) in [5.74, 6) is 0.897. The third-order valence-electron chi connectivity index (χ3n) is 6.19. The monoisotopic (exact) mass is 470 g/mol. The van der Waals surface area contributed by atoms with Crippen LogP contribution in [0, 0.1) is 25.7 Å². The maximum Gasteiger partial charge on any atom is 0.291 e. The Kier molecular flexibility index (Phi) is 6.24. The van der Waals surface area contributed by atoms with Crippen LogP contribution < -0.4 is 10.1 Å². The number of carbonyl (C=O) groups excluding carboxylic acids is 1. The van der Waals surface area contributed by atoms with Gasteiger partial charge in [-0.15, -0.1) is 0 Å². The lowest BCUT2D eigenvalue weighted by Crippen LogP contribution is -2.42. The molecule has 7 nitrogen and oxygen atoms in total. The third kappa shape index (κ3) is 4.50. The Balaban J connectivity index is 1.66. The average molecular weight is 471 g/mol. The molecule has 1 fully saturated rings. The molecule has 0 spiro atoms. The van der Waals surface area contributed by atoms with Crippen LogP contribution >= 0.6 is 0 Å². The van der Waals surface area contributed by atoms with Crippen molar-refractivity contribution in [1.82, 2.24) is 4.31 Å². The molecule has 1 aliphatic heterocycles. The summed E-state index contributed by atoms with van der Waals surface area (Å²) in [4.78, 5) is 13.2. The molecule has 0 bridgehead atoms. The zero-order valence-corrected chi connectivity index (χ0v) is 20.5. The molecule has 4 rings (SSSR count). The molecular weight excluding hydrogens is 440 g/mol. The number of furan rings is 1. The number of carbonyl (C=O) groups is 1. The molecule has 0 aliphatic carbocycles. The van der Waals surface area contributed by atoms with E-state index in [9.17, 15) is 13.2 Å². The van der Waals surface area contributed by atoms with E-state index in [0.29, 0.717) is 52.9 Å². The lowest BCUT2D eigenvalue weighted by Gasteiger charge is -2.34. The van der Waals surface area contributed by atoms with Gasteiger partial charge in [-0.25, -0.2) is 8.42 Å². The number of nitrogens with one attached hydrogen (secondary N) is 1. The van der Waals surface area contributed by atoms with Crippen LogP contribution in [0.3, 0.4) is 0 Å². The highest BCUT2D eigenvalue weighted by Gasteiger charge is 2.32. The number of sulfonamides is 1. The van der Waals surface area contributed by atoms with Crippen molar-refractivity contribution in [3.63, 3.8) is 0 Å². The summed E-state index contributed by atoms with van der Waals surface area (Å²) in [6, 6.07) is 10.3. The van der Waals surface area contributed by atoms with E-state index < -0.39 is 15.9 Å². The topological polar surface area (TPSA) is 88.8 Å². The SMILES string of the molecule is COc1ccc(C)cc1NC(=O)c1oc2ccc(S(=O)(=O)N3C[C@H](C)C[C@H](C)C3)cc2c1C. The van der Waals surface area contributed by atoms with Gasteiger partial charge in [0, 0.05) is 24.0 Å². The summed E-state index contributed by atoms with van der Waals surface area (Å²) in [6.45, 7) is 8.87. The van der Waals surface area contributed by atoms with Crippen LogP contribution in [0.25, 0.3) is 11.0 Å². The number of piperidine rings is 1. The zero-order valence-electron chi connectivity index (χ0n) is 19.6. The number of anilines is 1. The highest BCUT2D eigenvalue weighted by molar-refractivity contribution is 7.89. The summed E-state index contributed by atoms with van der Waals surface area (Å²) < 4.78 is 39.4. The number of hydrogen-bond donors (Lipinski definition) is 1. The average Bonchev–Trinajstić information content (AvgIpc) is 3.09. The lowest BCUT2D eigenvalue weighted by atomic mass is 9.94. The van der Waals surface area contributed by atoms with Crippen molar-refractivity contribution < 1.29 is 22.4 Å². The van der Waals surface area contributed by atoms with E-state index in [1.807, 2.05) is 19.1 Å². The summed E-state index contributed by atoms with van der Waals surface area (Å²) in [6.07, 6.45) is 1.02. The van der Waals surface area contributed by atoms with Gasteiger partial charge in [0.1, 0.15) is 11.3 Å². The number of ether oxygens (including phenoxy) is 1. The fourth-order valence-corrected chi connectivity index (χ4v) is 6.33. The van der Waals surface area contributed by atoms with Gasteiger partial charge in [0.25, 0.3) is 5.91 Å². The highest BCUT2D eigenvalue weighted by Crippen LogP contribution is 2.32. The second kappa shape index (κ2) is 8.83. The highest BCUT2D eigenvalue weighted by atomic mass is 32.2. The predicted molar refractivity (Wildman–Crippen MR) is 128 cm³/mol. The predicted octanol–water partition coefficient (Wildman–Crippen LogP) is 4.98. The Morgan fingerprint density at radius 3 is 2.45 bits per heavy atom. The van der Waals surface area contributed by atoms with Crippen molar-refractivity contribution in [2.45, 2.75) is 39.0 Å². The normalized spacial score (nSPS) is 19.5. The minimum absolute atomic E-state index is 0.142. The molecule has 8 heteroatoms. The third-order valence-corrected chi connectivity index (χ3v) is 8.02. The smallest absolute Gasteiger partial charge is 0.291 e. The molecule has 2 atom stereocenters. The summed E-state index contributed by atoms with van der Waals surface area (Å²) in [5, 5.41) is 3.45. The molecule has 1 aromatic heterocycles. The first-order valence-electron chi connectivity index (χ1n) is 11.1. The molecule has 2 aromatic carbocycles. The fraction of sp³-hybridized carbons (Fsp3) is 0.400. The molecule has 176 valence electrons. The van der Waals surface area contributed by atoms with Crippen molar-refractivity contribution in [2.75, 3.05) is 25.5 Å². The summed E-state index contributed by atoms with van der Waals surface area (Å²) in [7, 11) is -2.09. The van der Waals surface area contributed by atoms with Gasteiger partial charge in [-0.1, -0.05) is 19.9 Å². The van der Waals surface area contributed by atoms with Crippen molar-refractivity contribution in [2.24, 2.45) is 11.8 Å². The molecule has 0 radical (unpaired) electrons. The molecule has 3 aromatic rings. The van der Waals surface area contributed by atoms with Gasteiger partial charge < -0.3 is 14.5 Å². The standard InChI is InChI=1S/C25H30N2O5S/c1-15-6-8-23(31-5)21(11-15)26-25(28)24-18(4)20-12-19(7-9-22(20)32-24)33(29,30)27-13-16(2)10-17(3)14-27/h6-9,11-12,16-17H,10,13-14H2,1-5H3,(H,26,28)/t16-,17+. The van der Waals surface area contributed by atoms with Crippen LogP contribution in [0.4, 0.5) is 5.69 Å². The minimum Gasteiger partial charge on any atom is -0.495 e. The Bertz CT molecular complexity index is 1300. The van der Waals surface area contributed by atoms with Gasteiger partial charge in [-0.2, -0.15) is 4.31 Å². The van der Waals surface area contributed by atoms with Gasteiger partial charge >= 0.3 is 0 Å². The molecule has 33 heavy (non-hydrogen) atoms. The largest absolute Gasteiger partial charge is 0.495 e. The Hall–Kier alpha value is -2.84. The number of rotatable bonds is 5. The summed E-state index contributed by atoms with van der Waals surface area (Å²) in [5.41, 5.74) is 2.57. The van der Waals surface area contributed by atoms with Gasteiger partial charge in [0.2, 0.25) is 10.0 Å². The molecular formula is C25H30N2O5S. The molecule has 1 aliphatic rings. The van der Waals surface area contributed by atoms with E-state index in [2.05, 4.69) is 19.2 Å². The Labute approximate surface area is 194 Å². The van der Waals surface area contributed by atoms with E-state index >= 15 is 0 Å². The first-order valence-corrected chi connectivity index (χ1v) is 12.5.